The molecule has 1 saturated carbocycles. The summed E-state index contributed by atoms with van der Waals surface area (Å²) < 4.78 is 1.89. The summed E-state index contributed by atoms with van der Waals surface area (Å²) in [6.07, 6.45) is 10.1. The van der Waals surface area contributed by atoms with Gasteiger partial charge in [-0.05, 0) is 31.0 Å². The second kappa shape index (κ2) is 7.36. The minimum Gasteiger partial charge on any atom is -0.381 e. The molecule has 2 N–H and O–H groups in total. The number of nitrogens with zero attached hydrogens (tertiary/aromatic N) is 9. The first-order chi connectivity index (χ1) is 16.6. The summed E-state index contributed by atoms with van der Waals surface area (Å²) in [5.74, 6) is 0.281. The third kappa shape index (κ3) is 2.90. The number of hydrogen-bond acceptors (Lipinski definition) is 8. The normalized spacial score (nSPS) is 19.5. The van der Waals surface area contributed by atoms with Gasteiger partial charge in [0.1, 0.15) is 5.69 Å². The third-order valence-corrected chi connectivity index (χ3v) is 6.51. The largest absolute Gasteiger partial charge is 0.381 e. The molecule has 4 aromatic heterocycles. The molecule has 1 aliphatic carbocycles. The fraction of sp³-hybridized carbons (Fsp3) is 0.208. The number of aromatic nitrogens is 7. The lowest BCUT2D eigenvalue weighted by atomic mass is 9.68. The van der Waals surface area contributed by atoms with Crippen LogP contribution in [0.15, 0.2) is 55.2 Å². The van der Waals surface area contributed by atoms with E-state index in [2.05, 4.69) is 32.2 Å². The van der Waals surface area contributed by atoms with Crippen LogP contribution < -0.4 is 5.73 Å². The SMILES string of the molecule is N#CCC1(n2ncc(-c3cc(-c4cnc5c(N)nccn45)cc4ncccc34)n2)CC(C#N)C1. The Bertz CT molecular complexity index is 1640. The van der Waals surface area contributed by atoms with Gasteiger partial charge in [0, 0.05) is 35.1 Å². The van der Waals surface area contributed by atoms with Gasteiger partial charge in [-0.1, -0.05) is 6.07 Å². The number of nitrogen functional groups attached to an aromatic ring is 1. The second-order valence-corrected chi connectivity index (χ2v) is 8.56. The number of benzene rings is 1. The Labute approximate surface area is 193 Å². The van der Waals surface area contributed by atoms with E-state index in [1.165, 1.54) is 0 Å². The quantitative estimate of drug-likeness (QED) is 0.442. The Morgan fingerprint density at radius 3 is 2.82 bits per heavy atom. The molecule has 1 aliphatic rings. The van der Waals surface area contributed by atoms with E-state index < -0.39 is 5.54 Å². The predicted octanol–water partition coefficient (Wildman–Crippen LogP) is 3.33. The summed E-state index contributed by atoms with van der Waals surface area (Å²) in [5, 5.41) is 28.8. The van der Waals surface area contributed by atoms with Gasteiger partial charge < -0.3 is 5.73 Å². The molecule has 0 amide bonds. The van der Waals surface area contributed by atoms with Crippen LogP contribution >= 0.6 is 0 Å². The lowest BCUT2D eigenvalue weighted by Gasteiger charge is -2.42. The molecule has 0 radical (unpaired) electrons. The highest BCUT2D eigenvalue weighted by Gasteiger charge is 2.48. The number of rotatable bonds is 4. The number of imidazole rings is 1. The van der Waals surface area contributed by atoms with E-state index in [1.54, 1.807) is 29.6 Å². The van der Waals surface area contributed by atoms with E-state index >= 15 is 0 Å². The molecule has 34 heavy (non-hydrogen) atoms. The maximum Gasteiger partial charge on any atom is 0.180 e. The summed E-state index contributed by atoms with van der Waals surface area (Å²) >= 11 is 0. The molecule has 0 unspecified atom stereocenters. The van der Waals surface area contributed by atoms with Crippen LogP contribution in [0.2, 0.25) is 0 Å². The van der Waals surface area contributed by atoms with Gasteiger partial charge in [-0.3, -0.25) is 9.38 Å². The minimum absolute atomic E-state index is 0.0757. The number of fused-ring (bicyclic) bond motifs is 2. The Kier molecular flexibility index (Phi) is 4.29. The molecule has 0 bridgehead atoms. The van der Waals surface area contributed by atoms with Gasteiger partial charge in [0.15, 0.2) is 11.5 Å². The summed E-state index contributed by atoms with van der Waals surface area (Å²) in [6.45, 7) is 0. The van der Waals surface area contributed by atoms with Crippen LogP contribution in [0, 0.1) is 28.6 Å². The molecular formula is C24H18N10. The van der Waals surface area contributed by atoms with E-state index in [9.17, 15) is 10.5 Å². The van der Waals surface area contributed by atoms with Gasteiger partial charge in [-0.15, -0.1) is 0 Å². The first-order valence-corrected chi connectivity index (χ1v) is 10.8. The van der Waals surface area contributed by atoms with Crippen molar-refractivity contribution >= 4 is 22.4 Å². The number of anilines is 1. The van der Waals surface area contributed by atoms with Crippen LogP contribution in [0.4, 0.5) is 5.82 Å². The summed E-state index contributed by atoms with van der Waals surface area (Å²) in [5.41, 5.74) is 10.1. The van der Waals surface area contributed by atoms with Gasteiger partial charge >= 0.3 is 0 Å². The standard InChI is InChI=1S/C24H18N10/c25-4-3-24(10-15(11-24)12-26)34-31-13-20(32-34)18-8-16(9-19-17(18)2-1-5-28-19)21-14-30-23-22(27)29-6-7-33(21)23/h1-2,5-9,13-15H,3,10-11H2,(H2,27,29). The highest BCUT2D eigenvalue weighted by Crippen LogP contribution is 2.45. The highest BCUT2D eigenvalue weighted by atomic mass is 15.5. The molecule has 164 valence electrons. The van der Waals surface area contributed by atoms with Crippen molar-refractivity contribution in [1.29, 1.82) is 10.5 Å². The first kappa shape index (κ1) is 19.8. The molecule has 0 aliphatic heterocycles. The molecule has 5 aromatic rings. The third-order valence-electron chi connectivity index (χ3n) is 6.51. The lowest BCUT2D eigenvalue weighted by Crippen LogP contribution is -2.47. The zero-order valence-electron chi connectivity index (χ0n) is 18.0. The topological polar surface area (TPSA) is 147 Å². The Morgan fingerprint density at radius 2 is 2.00 bits per heavy atom. The number of nitriles is 2. The number of hydrogen-bond donors (Lipinski definition) is 1. The van der Waals surface area contributed by atoms with Crippen LogP contribution in [-0.2, 0) is 5.54 Å². The van der Waals surface area contributed by atoms with Gasteiger partial charge in [-0.2, -0.15) is 25.5 Å². The average Bonchev–Trinajstić information content (AvgIpc) is 3.49. The van der Waals surface area contributed by atoms with Crippen LogP contribution in [0.25, 0.3) is 39.1 Å². The molecule has 1 aromatic carbocycles. The maximum absolute atomic E-state index is 9.37. The van der Waals surface area contributed by atoms with Gasteiger partial charge in [0.25, 0.3) is 0 Å². The van der Waals surface area contributed by atoms with Crippen molar-refractivity contribution in [3.63, 3.8) is 0 Å². The average molecular weight is 446 g/mol. The number of nitrogens with two attached hydrogens (primary N) is 1. The summed E-state index contributed by atoms with van der Waals surface area (Å²) in [7, 11) is 0. The molecule has 4 heterocycles. The maximum atomic E-state index is 9.37. The summed E-state index contributed by atoms with van der Waals surface area (Å²) in [4.78, 5) is 14.7. The van der Waals surface area contributed by atoms with Crippen LogP contribution in [0.1, 0.15) is 19.3 Å². The van der Waals surface area contributed by atoms with Crippen molar-refractivity contribution < 1.29 is 0 Å². The first-order valence-electron chi connectivity index (χ1n) is 10.8. The number of pyridine rings is 1. The summed E-state index contributed by atoms with van der Waals surface area (Å²) in [6, 6.07) is 12.4. The Morgan fingerprint density at radius 1 is 1.12 bits per heavy atom. The van der Waals surface area contributed by atoms with E-state index in [-0.39, 0.29) is 12.3 Å². The van der Waals surface area contributed by atoms with E-state index in [0.29, 0.717) is 30.0 Å². The Balaban J connectivity index is 1.50. The lowest BCUT2D eigenvalue weighted by molar-refractivity contribution is 0.0713. The zero-order valence-corrected chi connectivity index (χ0v) is 18.0. The molecular weight excluding hydrogens is 428 g/mol. The Hall–Kier alpha value is -4.83. The smallest absolute Gasteiger partial charge is 0.180 e. The fourth-order valence-corrected chi connectivity index (χ4v) is 4.78. The van der Waals surface area contributed by atoms with Crippen molar-refractivity contribution in [2.45, 2.75) is 24.8 Å². The monoisotopic (exact) mass is 446 g/mol. The molecule has 0 saturated heterocycles. The molecule has 0 atom stereocenters. The van der Waals surface area contributed by atoms with Gasteiger partial charge in [0.05, 0.1) is 53.6 Å². The van der Waals surface area contributed by atoms with Crippen molar-refractivity contribution in [2.75, 3.05) is 5.73 Å². The second-order valence-electron chi connectivity index (χ2n) is 8.56. The van der Waals surface area contributed by atoms with Crippen molar-refractivity contribution in [1.82, 2.24) is 34.3 Å². The van der Waals surface area contributed by atoms with Crippen molar-refractivity contribution in [3.05, 3.63) is 55.2 Å². The van der Waals surface area contributed by atoms with E-state index in [0.717, 1.165) is 27.7 Å². The molecule has 0 spiro atoms. The van der Waals surface area contributed by atoms with Crippen LogP contribution in [0.3, 0.4) is 0 Å². The van der Waals surface area contributed by atoms with Crippen molar-refractivity contribution in [2.24, 2.45) is 5.92 Å². The fourth-order valence-electron chi connectivity index (χ4n) is 4.78. The van der Waals surface area contributed by atoms with Crippen molar-refractivity contribution in [3.8, 4) is 34.7 Å². The highest BCUT2D eigenvalue weighted by molar-refractivity contribution is 5.97. The zero-order chi connectivity index (χ0) is 23.3. The molecule has 10 nitrogen and oxygen atoms in total. The molecule has 6 rings (SSSR count). The van der Waals surface area contributed by atoms with Crippen LogP contribution in [0.5, 0.6) is 0 Å². The van der Waals surface area contributed by atoms with Gasteiger partial charge in [0.2, 0.25) is 0 Å². The van der Waals surface area contributed by atoms with Gasteiger partial charge in [-0.25, -0.2) is 9.97 Å². The predicted molar refractivity (Wildman–Crippen MR) is 124 cm³/mol. The molecule has 1 fully saturated rings. The van der Waals surface area contributed by atoms with E-state index in [4.69, 9.17) is 10.8 Å². The van der Waals surface area contributed by atoms with E-state index in [1.807, 2.05) is 34.9 Å². The molecule has 10 heteroatoms. The minimum atomic E-state index is -0.536. The van der Waals surface area contributed by atoms with Crippen LogP contribution in [-0.4, -0.2) is 34.3 Å².